The van der Waals surface area contributed by atoms with Crippen molar-refractivity contribution in [1.82, 2.24) is 10.3 Å². The van der Waals surface area contributed by atoms with E-state index in [4.69, 9.17) is 14.0 Å². The van der Waals surface area contributed by atoms with Crippen LogP contribution in [0.1, 0.15) is 56.0 Å². The number of alkyl halides is 3. The first-order valence-corrected chi connectivity index (χ1v) is 13.0. The van der Waals surface area contributed by atoms with Gasteiger partial charge in [0.15, 0.2) is 5.69 Å². The molecule has 5 rings (SSSR count). The van der Waals surface area contributed by atoms with Crippen LogP contribution in [0.25, 0.3) is 17.2 Å². The molecule has 3 aromatic rings. The summed E-state index contributed by atoms with van der Waals surface area (Å²) in [4.78, 5) is 16.4. The lowest BCUT2D eigenvalue weighted by atomic mass is 9.77. The molecule has 1 aliphatic heterocycles. The van der Waals surface area contributed by atoms with Crippen molar-refractivity contribution in [1.29, 1.82) is 0 Å². The molecule has 0 radical (unpaired) electrons. The largest absolute Gasteiger partial charge is 0.492 e. The smallest absolute Gasteiger partial charge is 0.449 e. The van der Waals surface area contributed by atoms with Gasteiger partial charge in [0, 0.05) is 24.2 Å². The maximum absolute atomic E-state index is 13.7. The molecule has 0 atom stereocenters. The van der Waals surface area contributed by atoms with Crippen LogP contribution in [0.15, 0.2) is 72.3 Å². The van der Waals surface area contributed by atoms with E-state index >= 15 is 0 Å². The third kappa shape index (κ3) is 5.38. The molecule has 0 unspecified atom stereocenters. The molecule has 2 aliphatic rings. The van der Waals surface area contributed by atoms with Gasteiger partial charge in [-0.15, -0.1) is 0 Å². The molecule has 6 nitrogen and oxygen atoms in total. The Kier molecular flexibility index (Phi) is 7.27. The zero-order chi connectivity index (χ0) is 28.7. The van der Waals surface area contributed by atoms with Crippen LogP contribution in [0, 0.1) is 0 Å². The number of hydrogen-bond donors (Lipinski definition) is 1. The van der Waals surface area contributed by atoms with Crippen molar-refractivity contribution in [2.75, 3.05) is 13.2 Å². The Morgan fingerprint density at radius 3 is 2.12 bits per heavy atom. The first-order chi connectivity index (χ1) is 18.9. The number of hydrogen-bond acceptors (Lipinski definition) is 5. The van der Waals surface area contributed by atoms with Crippen molar-refractivity contribution < 1.29 is 32.0 Å². The van der Waals surface area contributed by atoms with E-state index in [2.05, 4.69) is 10.3 Å². The highest BCUT2D eigenvalue weighted by atomic mass is 19.4. The zero-order valence-electron chi connectivity index (χ0n) is 22.7. The standard InChI is InChI=1S/C30H30BF3N2O4/c1-28(2)29(3,4)40-31(39-28)20(16-19-10-9-15-35-26(19)30(32,33)34)17-36-27(37)38-18-25-23-13-7-5-11-21(23)22-12-6-8-14-24(22)25/h5-16,25H,17-18H2,1-4H3,(H,36,37). The molecule has 1 fully saturated rings. The number of aromatic nitrogens is 1. The Balaban J connectivity index is 1.34. The predicted octanol–water partition coefficient (Wildman–Crippen LogP) is 6.65. The summed E-state index contributed by atoms with van der Waals surface area (Å²) >= 11 is 0. The molecule has 0 spiro atoms. The average Bonchev–Trinajstić information content (AvgIpc) is 3.34. The van der Waals surface area contributed by atoms with Crippen molar-refractivity contribution in [3.63, 3.8) is 0 Å². The van der Waals surface area contributed by atoms with Gasteiger partial charge in [-0.1, -0.05) is 60.7 Å². The second-order valence-electron chi connectivity index (χ2n) is 10.9. The Morgan fingerprint density at radius 2 is 1.55 bits per heavy atom. The van der Waals surface area contributed by atoms with Gasteiger partial charge >= 0.3 is 19.4 Å². The number of carbonyl (C=O) groups excluding carboxylic acids is 1. The summed E-state index contributed by atoms with van der Waals surface area (Å²) in [6, 6.07) is 18.7. The predicted molar refractivity (Wildman–Crippen MR) is 146 cm³/mol. The third-order valence-corrected chi connectivity index (χ3v) is 7.78. The van der Waals surface area contributed by atoms with Crippen LogP contribution in [-0.4, -0.2) is 42.5 Å². The fourth-order valence-electron chi connectivity index (χ4n) is 4.99. The molecular weight excluding hydrogens is 520 g/mol. The van der Waals surface area contributed by atoms with Gasteiger partial charge in [0.2, 0.25) is 0 Å². The van der Waals surface area contributed by atoms with Gasteiger partial charge in [-0.3, -0.25) is 4.98 Å². The summed E-state index contributed by atoms with van der Waals surface area (Å²) in [7, 11) is -0.986. The highest BCUT2D eigenvalue weighted by Crippen LogP contribution is 2.44. The molecule has 1 amide bonds. The number of alkyl carbamates (subject to hydrolysis) is 1. The summed E-state index contributed by atoms with van der Waals surface area (Å²) in [6.07, 6.45) is -2.97. The van der Waals surface area contributed by atoms with E-state index in [1.165, 1.54) is 18.2 Å². The lowest BCUT2D eigenvalue weighted by Crippen LogP contribution is -2.41. The quantitative estimate of drug-likeness (QED) is 0.348. The van der Waals surface area contributed by atoms with Gasteiger partial charge in [0.1, 0.15) is 6.61 Å². The number of benzene rings is 2. The first kappa shape index (κ1) is 27.9. The van der Waals surface area contributed by atoms with Gasteiger partial charge < -0.3 is 19.4 Å². The van der Waals surface area contributed by atoms with E-state index in [9.17, 15) is 18.0 Å². The van der Waals surface area contributed by atoms with Crippen LogP contribution in [-0.2, 0) is 20.2 Å². The summed E-state index contributed by atoms with van der Waals surface area (Å²) in [6.45, 7) is 7.32. The molecule has 208 valence electrons. The van der Waals surface area contributed by atoms with Crippen molar-refractivity contribution in [2.24, 2.45) is 0 Å². The van der Waals surface area contributed by atoms with Crippen LogP contribution in [0.2, 0.25) is 0 Å². The summed E-state index contributed by atoms with van der Waals surface area (Å²) in [5.41, 5.74) is 2.00. The molecular formula is C30H30BF3N2O4. The highest BCUT2D eigenvalue weighted by Gasteiger charge is 2.52. The monoisotopic (exact) mass is 550 g/mol. The maximum atomic E-state index is 13.7. The molecule has 40 heavy (non-hydrogen) atoms. The highest BCUT2D eigenvalue weighted by molar-refractivity contribution is 6.56. The Bertz CT molecular complexity index is 1390. The average molecular weight is 550 g/mol. The summed E-state index contributed by atoms with van der Waals surface area (Å²) in [5, 5.41) is 2.67. The van der Waals surface area contributed by atoms with Gasteiger partial charge in [-0.25, -0.2) is 4.79 Å². The Hall–Kier alpha value is -3.63. The zero-order valence-corrected chi connectivity index (χ0v) is 22.7. The molecule has 1 saturated heterocycles. The topological polar surface area (TPSA) is 69.7 Å². The van der Waals surface area contributed by atoms with E-state index in [0.717, 1.165) is 28.5 Å². The van der Waals surface area contributed by atoms with Crippen LogP contribution >= 0.6 is 0 Å². The Morgan fingerprint density at radius 1 is 0.975 bits per heavy atom. The molecule has 0 saturated carbocycles. The molecule has 10 heteroatoms. The molecule has 0 bridgehead atoms. The minimum atomic E-state index is -4.66. The van der Waals surface area contributed by atoms with E-state index in [1.807, 2.05) is 76.2 Å². The van der Waals surface area contributed by atoms with Gasteiger partial charge in [0.05, 0.1) is 11.2 Å². The first-order valence-electron chi connectivity index (χ1n) is 13.0. The van der Waals surface area contributed by atoms with Crippen molar-refractivity contribution in [3.8, 4) is 11.1 Å². The molecule has 1 N–H and O–H groups in total. The van der Waals surface area contributed by atoms with E-state index < -0.39 is 36.3 Å². The number of halogens is 3. The number of carbonyl (C=O) groups is 1. The fraction of sp³-hybridized carbons (Fsp3) is 0.333. The molecule has 2 aromatic carbocycles. The lowest BCUT2D eigenvalue weighted by molar-refractivity contribution is -0.141. The fourth-order valence-corrected chi connectivity index (χ4v) is 4.99. The second kappa shape index (κ2) is 10.4. The van der Waals surface area contributed by atoms with Gasteiger partial charge in [-0.05, 0) is 61.5 Å². The third-order valence-electron chi connectivity index (χ3n) is 7.78. The Labute approximate surface area is 231 Å². The summed E-state index contributed by atoms with van der Waals surface area (Å²) in [5.74, 6) is -0.124. The minimum Gasteiger partial charge on any atom is -0.449 e. The number of amides is 1. The van der Waals surface area contributed by atoms with Crippen LogP contribution < -0.4 is 5.32 Å². The number of rotatable bonds is 6. The second-order valence-corrected chi connectivity index (χ2v) is 10.9. The minimum absolute atomic E-state index is 0.107. The molecule has 1 aliphatic carbocycles. The normalized spacial score (nSPS) is 17.9. The van der Waals surface area contributed by atoms with Crippen LogP contribution in [0.4, 0.5) is 18.0 Å². The van der Waals surface area contributed by atoms with Crippen molar-refractivity contribution in [3.05, 3.63) is 94.7 Å². The van der Waals surface area contributed by atoms with Crippen molar-refractivity contribution in [2.45, 2.75) is 51.0 Å². The lowest BCUT2D eigenvalue weighted by Gasteiger charge is -2.32. The van der Waals surface area contributed by atoms with Crippen molar-refractivity contribution >= 4 is 19.3 Å². The van der Waals surface area contributed by atoms with E-state index in [0.29, 0.717) is 5.47 Å². The number of ether oxygens (including phenoxy) is 1. The van der Waals surface area contributed by atoms with Crippen LogP contribution in [0.3, 0.4) is 0 Å². The number of nitrogens with zero attached hydrogens (tertiary/aromatic N) is 1. The van der Waals surface area contributed by atoms with Gasteiger partial charge in [-0.2, -0.15) is 13.2 Å². The summed E-state index contributed by atoms with van der Waals surface area (Å²) < 4.78 is 58.7. The molecule has 1 aromatic heterocycles. The van der Waals surface area contributed by atoms with E-state index in [-0.39, 0.29) is 24.6 Å². The van der Waals surface area contributed by atoms with E-state index in [1.54, 1.807) is 0 Å². The number of nitrogens with one attached hydrogen (secondary N) is 1. The SMILES string of the molecule is CC1(C)OB(C(=Cc2cccnc2C(F)(F)F)CNC(=O)OCC2c3ccccc3-c3ccccc32)OC1(C)C. The molecule has 2 heterocycles. The number of fused-ring (bicyclic) bond motifs is 3. The van der Waals surface area contributed by atoms with Gasteiger partial charge in [0.25, 0.3) is 0 Å². The number of pyridine rings is 1. The maximum Gasteiger partial charge on any atom is 0.492 e. The van der Waals surface area contributed by atoms with Crippen LogP contribution in [0.5, 0.6) is 0 Å².